The van der Waals surface area contributed by atoms with Gasteiger partial charge in [-0.3, -0.25) is 4.79 Å². The molecule has 0 amide bonds. The molecule has 1 atom stereocenters. The SMILES string of the molecule is CC(C)(C)OC(=O)CC1(C)N=C(c2ccccc2)OC1=O. The summed E-state index contributed by atoms with van der Waals surface area (Å²) in [6.45, 7) is 6.91. The lowest BCUT2D eigenvalue weighted by Gasteiger charge is -2.22. The molecule has 0 fully saturated rings. The van der Waals surface area contributed by atoms with Crippen LogP contribution in [-0.4, -0.2) is 29.0 Å². The minimum atomic E-state index is -1.23. The van der Waals surface area contributed by atoms with Crippen LogP contribution in [0.5, 0.6) is 0 Å². The summed E-state index contributed by atoms with van der Waals surface area (Å²) in [5.41, 5.74) is -1.12. The van der Waals surface area contributed by atoms with E-state index in [1.54, 1.807) is 39.8 Å². The van der Waals surface area contributed by atoms with Gasteiger partial charge in [-0.05, 0) is 39.8 Å². The number of rotatable bonds is 3. The molecule has 0 saturated carbocycles. The summed E-state index contributed by atoms with van der Waals surface area (Å²) in [5, 5.41) is 0. The Morgan fingerprint density at radius 3 is 2.48 bits per heavy atom. The van der Waals surface area contributed by atoms with E-state index in [2.05, 4.69) is 4.99 Å². The molecule has 5 nitrogen and oxygen atoms in total. The van der Waals surface area contributed by atoms with E-state index in [9.17, 15) is 9.59 Å². The number of esters is 2. The number of carbonyl (C=O) groups excluding carboxylic acids is 2. The number of cyclic esters (lactones) is 1. The predicted molar refractivity (Wildman–Crippen MR) is 77.9 cm³/mol. The van der Waals surface area contributed by atoms with E-state index in [0.717, 1.165) is 0 Å². The molecule has 1 unspecified atom stereocenters. The molecule has 1 aromatic rings. The second kappa shape index (κ2) is 5.31. The maximum Gasteiger partial charge on any atom is 0.341 e. The molecule has 1 heterocycles. The third-order valence-electron chi connectivity index (χ3n) is 2.91. The minimum Gasteiger partial charge on any atom is -0.460 e. The Hall–Kier alpha value is -2.17. The fourth-order valence-electron chi connectivity index (χ4n) is 1.96. The highest BCUT2D eigenvalue weighted by molar-refractivity contribution is 6.08. The average Bonchev–Trinajstić information content (AvgIpc) is 2.64. The highest BCUT2D eigenvalue weighted by Crippen LogP contribution is 2.27. The molecule has 0 bridgehead atoms. The zero-order chi connectivity index (χ0) is 15.7. The topological polar surface area (TPSA) is 65.0 Å². The van der Waals surface area contributed by atoms with E-state index in [1.807, 2.05) is 18.2 Å². The molecule has 1 aromatic carbocycles. The Balaban J connectivity index is 2.16. The molecule has 2 rings (SSSR count). The summed E-state index contributed by atoms with van der Waals surface area (Å²) in [6.07, 6.45) is -0.139. The molecule has 0 radical (unpaired) electrons. The van der Waals surface area contributed by atoms with Crippen LogP contribution < -0.4 is 0 Å². The highest BCUT2D eigenvalue weighted by atomic mass is 16.6. The van der Waals surface area contributed by atoms with Gasteiger partial charge in [-0.25, -0.2) is 9.79 Å². The second-order valence-corrected chi connectivity index (χ2v) is 6.21. The fraction of sp³-hybridized carbons (Fsp3) is 0.438. The predicted octanol–water partition coefficient (Wildman–Crippen LogP) is 2.48. The Morgan fingerprint density at radius 2 is 1.90 bits per heavy atom. The van der Waals surface area contributed by atoms with Gasteiger partial charge in [0.25, 0.3) is 0 Å². The van der Waals surface area contributed by atoms with Gasteiger partial charge in [0.2, 0.25) is 5.90 Å². The smallest absolute Gasteiger partial charge is 0.341 e. The molecule has 0 aliphatic carbocycles. The van der Waals surface area contributed by atoms with Gasteiger partial charge in [0.15, 0.2) is 5.54 Å². The van der Waals surface area contributed by atoms with Gasteiger partial charge in [-0.15, -0.1) is 0 Å². The Kier molecular flexibility index (Phi) is 3.85. The van der Waals surface area contributed by atoms with Crippen molar-refractivity contribution in [1.82, 2.24) is 0 Å². The van der Waals surface area contributed by atoms with Crippen molar-refractivity contribution >= 4 is 17.8 Å². The van der Waals surface area contributed by atoms with Gasteiger partial charge in [-0.1, -0.05) is 18.2 Å². The molecule has 1 aliphatic heterocycles. The van der Waals surface area contributed by atoms with Crippen molar-refractivity contribution in [3.63, 3.8) is 0 Å². The number of ether oxygens (including phenoxy) is 2. The number of benzene rings is 1. The van der Waals surface area contributed by atoms with Crippen LogP contribution >= 0.6 is 0 Å². The molecule has 112 valence electrons. The van der Waals surface area contributed by atoms with Crippen molar-refractivity contribution in [2.45, 2.75) is 45.3 Å². The van der Waals surface area contributed by atoms with Crippen molar-refractivity contribution in [1.29, 1.82) is 0 Å². The van der Waals surface area contributed by atoms with E-state index in [-0.39, 0.29) is 12.3 Å². The fourth-order valence-corrected chi connectivity index (χ4v) is 1.96. The van der Waals surface area contributed by atoms with Crippen LogP contribution in [0.1, 0.15) is 39.7 Å². The first-order chi connectivity index (χ1) is 9.70. The van der Waals surface area contributed by atoms with Crippen LogP contribution in [0.25, 0.3) is 0 Å². The zero-order valence-electron chi connectivity index (χ0n) is 12.7. The normalized spacial score (nSPS) is 21.7. The van der Waals surface area contributed by atoms with Gasteiger partial charge in [-0.2, -0.15) is 0 Å². The monoisotopic (exact) mass is 289 g/mol. The van der Waals surface area contributed by atoms with Crippen molar-refractivity contribution in [2.75, 3.05) is 0 Å². The minimum absolute atomic E-state index is 0.139. The van der Waals surface area contributed by atoms with Crippen LogP contribution in [-0.2, 0) is 19.1 Å². The number of hydrogen-bond donors (Lipinski definition) is 0. The van der Waals surface area contributed by atoms with Gasteiger partial charge in [0.1, 0.15) is 5.60 Å². The lowest BCUT2D eigenvalue weighted by atomic mass is 9.99. The third kappa shape index (κ3) is 3.68. The first-order valence-electron chi connectivity index (χ1n) is 6.79. The molecular formula is C16H19NO4. The van der Waals surface area contributed by atoms with Crippen LogP contribution in [0.2, 0.25) is 0 Å². The molecule has 0 saturated heterocycles. The van der Waals surface area contributed by atoms with Crippen molar-refractivity contribution in [2.24, 2.45) is 4.99 Å². The molecule has 21 heavy (non-hydrogen) atoms. The van der Waals surface area contributed by atoms with Crippen LogP contribution in [0, 0.1) is 0 Å². The van der Waals surface area contributed by atoms with E-state index in [0.29, 0.717) is 5.56 Å². The summed E-state index contributed by atoms with van der Waals surface area (Å²) in [6, 6.07) is 9.11. The third-order valence-corrected chi connectivity index (χ3v) is 2.91. The number of nitrogens with zero attached hydrogens (tertiary/aromatic N) is 1. The Labute approximate surface area is 124 Å². The van der Waals surface area contributed by atoms with E-state index >= 15 is 0 Å². The maximum atomic E-state index is 12.0. The Bertz CT molecular complexity index is 586. The summed E-state index contributed by atoms with van der Waals surface area (Å²) >= 11 is 0. The number of carbonyl (C=O) groups is 2. The van der Waals surface area contributed by atoms with E-state index in [4.69, 9.17) is 9.47 Å². The standard InChI is InChI=1S/C16H19NO4/c1-15(2,3)21-12(18)10-16(4)14(19)20-13(17-16)11-8-6-5-7-9-11/h5-9H,10H2,1-4H3. The largest absolute Gasteiger partial charge is 0.460 e. The summed E-state index contributed by atoms with van der Waals surface area (Å²) in [7, 11) is 0. The van der Waals surface area contributed by atoms with E-state index < -0.39 is 23.1 Å². The highest BCUT2D eigenvalue weighted by Gasteiger charge is 2.44. The van der Waals surface area contributed by atoms with Gasteiger partial charge in [0.05, 0.1) is 6.42 Å². The Morgan fingerprint density at radius 1 is 1.29 bits per heavy atom. The second-order valence-electron chi connectivity index (χ2n) is 6.21. The molecule has 0 spiro atoms. The quantitative estimate of drug-likeness (QED) is 0.802. The molecule has 0 aromatic heterocycles. The average molecular weight is 289 g/mol. The first kappa shape index (κ1) is 15.2. The van der Waals surface area contributed by atoms with Gasteiger partial charge < -0.3 is 9.47 Å². The number of aliphatic imine (C=N–C) groups is 1. The maximum absolute atomic E-state index is 12.0. The number of hydrogen-bond acceptors (Lipinski definition) is 5. The zero-order valence-corrected chi connectivity index (χ0v) is 12.7. The molecule has 0 N–H and O–H groups in total. The summed E-state index contributed by atoms with van der Waals surface area (Å²) in [5.74, 6) is -0.765. The van der Waals surface area contributed by atoms with Gasteiger partial charge >= 0.3 is 11.9 Å². The van der Waals surface area contributed by atoms with Crippen LogP contribution in [0.3, 0.4) is 0 Å². The van der Waals surface area contributed by atoms with Crippen molar-refractivity contribution in [3.8, 4) is 0 Å². The molecular weight excluding hydrogens is 270 g/mol. The first-order valence-corrected chi connectivity index (χ1v) is 6.79. The van der Waals surface area contributed by atoms with Crippen LogP contribution in [0.15, 0.2) is 35.3 Å². The van der Waals surface area contributed by atoms with Crippen molar-refractivity contribution < 1.29 is 19.1 Å². The molecule has 5 heteroatoms. The lowest BCUT2D eigenvalue weighted by molar-refractivity contribution is -0.158. The summed E-state index contributed by atoms with van der Waals surface area (Å²) < 4.78 is 10.4. The van der Waals surface area contributed by atoms with Gasteiger partial charge in [0, 0.05) is 5.56 Å². The molecule has 1 aliphatic rings. The lowest BCUT2D eigenvalue weighted by Crippen LogP contribution is -2.35. The van der Waals surface area contributed by atoms with Crippen LogP contribution in [0.4, 0.5) is 0 Å². The van der Waals surface area contributed by atoms with E-state index in [1.165, 1.54) is 0 Å². The van der Waals surface area contributed by atoms with Crippen molar-refractivity contribution in [3.05, 3.63) is 35.9 Å². The summed E-state index contributed by atoms with van der Waals surface area (Å²) in [4.78, 5) is 28.2.